The largest absolute Gasteiger partial charge is 0.338 e. The highest BCUT2D eigenvalue weighted by Gasteiger charge is 2.28. The van der Waals surface area contributed by atoms with E-state index in [2.05, 4.69) is 35.5 Å². The van der Waals surface area contributed by atoms with E-state index in [0.717, 1.165) is 42.9 Å². The maximum atomic E-state index is 13.1. The molecule has 0 spiro atoms. The number of carbonyl (C=O) groups excluding carboxylic acids is 1. The van der Waals surface area contributed by atoms with Crippen LogP contribution in [0, 0.1) is 0 Å². The van der Waals surface area contributed by atoms with Crippen molar-refractivity contribution in [2.45, 2.75) is 38.6 Å². The molecule has 0 aliphatic carbocycles. The van der Waals surface area contributed by atoms with Crippen LogP contribution in [0.15, 0.2) is 67.0 Å². The number of nitrogens with zero attached hydrogens (tertiary/aromatic N) is 3. The van der Waals surface area contributed by atoms with E-state index in [0.29, 0.717) is 12.0 Å². The first-order chi connectivity index (χ1) is 13.6. The van der Waals surface area contributed by atoms with Crippen molar-refractivity contribution in [1.82, 2.24) is 14.5 Å². The zero-order valence-electron chi connectivity index (χ0n) is 16.6. The second-order valence-electron chi connectivity index (χ2n) is 7.82. The second-order valence-corrected chi connectivity index (χ2v) is 7.82. The van der Waals surface area contributed by atoms with Gasteiger partial charge in [0.2, 0.25) is 0 Å². The molecule has 1 aromatic heterocycles. The molecule has 1 aliphatic heterocycles. The molecule has 3 aromatic rings. The fourth-order valence-electron chi connectivity index (χ4n) is 4.07. The molecule has 144 valence electrons. The molecule has 0 radical (unpaired) electrons. The molecule has 1 saturated heterocycles. The number of aromatic nitrogens is 2. The Morgan fingerprint density at radius 3 is 2.46 bits per heavy atom. The van der Waals surface area contributed by atoms with Crippen LogP contribution in [0.2, 0.25) is 0 Å². The average Bonchev–Trinajstić information content (AvgIpc) is 3.24. The van der Waals surface area contributed by atoms with Gasteiger partial charge in [-0.25, -0.2) is 4.98 Å². The number of hydrogen-bond donors (Lipinski definition) is 0. The predicted octanol–water partition coefficient (Wildman–Crippen LogP) is 5.15. The summed E-state index contributed by atoms with van der Waals surface area (Å²) in [6.45, 7) is 5.90. The van der Waals surface area contributed by atoms with Crippen molar-refractivity contribution < 1.29 is 4.79 Å². The summed E-state index contributed by atoms with van der Waals surface area (Å²) >= 11 is 0. The number of hydrogen-bond acceptors (Lipinski definition) is 2. The van der Waals surface area contributed by atoms with Crippen LogP contribution in [0.4, 0.5) is 0 Å². The summed E-state index contributed by atoms with van der Waals surface area (Å²) in [5, 5.41) is 0. The Bertz CT molecular complexity index is 928. The minimum absolute atomic E-state index is 0.118. The number of piperidine rings is 1. The van der Waals surface area contributed by atoms with E-state index in [4.69, 9.17) is 0 Å². The zero-order valence-corrected chi connectivity index (χ0v) is 16.6. The molecule has 1 aliphatic rings. The van der Waals surface area contributed by atoms with Crippen molar-refractivity contribution in [3.63, 3.8) is 0 Å². The average molecular weight is 374 g/mol. The molecule has 28 heavy (non-hydrogen) atoms. The van der Waals surface area contributed by atoms with Crippen molar-refractivity contribution in [3.8, 4) is 11.1 Å². The van der Waals surface area contributed by atoms with Crippen LogP contribution >= 0.6 is 0 Å². The van der Waals surface area contributed by atoms with Gasteiger partial charge in [0, 0.05) is 43.0 Å². The molecule has 1 unspecified atom stereocenters. The van der Waals surface area contributed by atoms with Crippen LogP contribution in [0.5, 0.6) is 0 Å². The number of rotatable bonds is 4. The summed E-state index contributed by atoms with van der Waals surface area (Å²) in [6.07, 6.45) is 6.02. The third-order valence-corrected chi connectivity index (χ3v) is 5.57. The molecule has 4 rings (SSSR count). The first-order valence-electron chi connectivity index (χ1n) is 10.1. The molecular weight excluding hydrogens is 346 g/mol. The van der Waals surface area contributed by atoms with Gasteiger partial charge in [-0.15, -0.1) is 0 Å². The Balaban J connectivity index is 1.49. The van der Waals surface area contributed by atoms with E-state index in [-0.39, 0.29) is 5.91 Å². The number of carbonyl (C=O) groups is 1. The Morgan fingerprint density at radius 2 is 1.75 bits per heavy atom. The van der Waals surface area contributed by atoms with Gasteiger partial charge in [0.1, 0.15) is 5.82 Å². The van der Waals surface area contributed by atoms with Gasteiger partial charge >= 0.3 is 0 Å². The highest BCUT2D eigenvalue weighted by atomic mass is 16.2. The van der Waals surface area contributed by atoms with Gasteiger partial charge in [0.25, 0.3) is 5.91 Å². The molecule has 2 heterocycles. The standard InChI is InChI=1S/C24H27N3O/c1-18(2)27-16-14-25-23(27)22-9-6-15-26(17-22)24(28)21-12-10-20(11-13-21)19-7-4-3-5-8-19/h3-5,7-8,10-14,16,18,22H,6,9,15,17H2,1-2H3. The zero-order chi connectivity index (χ0) is 19.5. The normalized spacial score (nSPS) is 17.1. The van der Waals surface area contributed by atoms with Gasteiger partial charge in [0.15, 0.2) is 0 Å². The topological polar surface area (TPSA) is 38.1 Å². The maximum absolute atomic E-state index is 13.1. The summed E-state index contributed by atoms with van der Waals surface area (Å²) in [7, 11) is 0. The fraction of sp³-hybridized carbons (Fsp3) is 0.333. The van der Waals surface area contributed by atoms with Crippen molar-refractivity contribution in [1.29, 1.82) is 0 Å². The highest BCUT2D eigenvalue weighted by Crippen LogP contribution is 2.28. The van der Waals surface area contributed by atoms with Crippen LogP contribution in [0.1, 0.15) is 54.8 Å². The minimum atomic E-state index is 0.118. The lowest BCUT2D eigenvalue weighted by atomic mass is 9.96. The molecule has 1 atom stereocenters. The molecule has 0 saturated carbocycles. The van der Waals surface area contributed by atoms with E-state index >= 15 is 0 Å². The van der Waals surface area contributed by atoms with E-state index < -0.39 is 0 Å². The molecule has 2 aromatic carbocycles. The smallest absolute Gasteiger partial charge is 0.253 e. The lowest BCUT2D eigenvalue weighted by Crippen LogP contribution is -2.39. The Labute approximate surface area is 166 Å². The quantitative estimate of drug-likeness (QED) is 0.634. The van der Waals surface area contributed by atoms with Crippen LogP contribution in [-0.4, -0.2) is 33.4 Å². The van der Waals surface area contributed by atoms with Gasteiger partial charge in [-0.1, -0.05) is 42.5 Å². The molecule has 1 amide bonds. The lowest BCUT2D eigenvalue weighted by Gasteiger charge is -2.33. The summed E-state index contributed by atoms with van der Waals surface area (Å²) in [6, 6.07) is 18.6. The van der Waals surface area contributed by atoms with E-state index in [9.17, 15) is 4.79 Å². The Hall–Kier alpha value is -2.88. The van der Waals surface area contributed by atoms with Gasteiger partial charge in [-0.05, 0) is 49.9 Å². The van der Waals surface area contributed by atoms with Crippen LogP contribution < -0.4 is 0 Å². The van der Waals surface area contributed by atoms with E-state index in [1.54, 1.807) is 0 Å². The number of benzene rings is 2. The summed E-state index contributed by atoms with van der Waals surface area (Å²) in [5.41, 5.74) is 3.06. The predicted molar refractivity (Wildman–Crippen MR) is 112 cm³/mol. The fourth-order valence-corrected chi connectivity index (χ4v) is 4.07. The van der Waals surface area contributed by atoms with Crippen molar-refractivity contribution in [2.75, 3.05) is 13.1 Å². The summed E-state index contributed by atoms with van der Waals surface area (Å²) in [4.78, 5) is 19.7. The molecule has 1 fully saturated rings. The molecule has 0 bridgehead atoms. The Kier molecular flexibility index (Phi) is 5.29. The minimum Gasteiger partial charge on any atom is -0.338 e. The molecule has 4 heteroatoms. The second kappa shape index (κ2) is 8.01. The van der Waals surface area contributed by atoms with E-state index in [1.807, 2.05) is 59.8 Å². The number of amides is 1. The van der Waals surface area contributed by atoms with Crippen molar-refractivity contribution in [2.24, 2.45) is 0 Å². The van der Waals surface area contributed by atoms with Gasteiger partial charge in [-0.3, -0.25) is 4.79 Å². The van der Waals surface area contributed by atoms with Crippen LogP contribution in [-0.2, 0) is 0 Å². The number of likely N-dealkylation sites (tertiary alicyclic amines) is 1. The first kappa shape index (κ1) is 18.5. The molecular formula is C24H27N3O. The van der Waals surface area contributed by atoms with Gasteiger partial charge in [-0.2, -0.15) is 0 Å². The highest BCUT2D eigenvalue weighted by molar-refractivity contribution is 5.94. The first-order valence-corrected chi connectivity index (χ1v) is 10.1. The van der Waals surface area contributed by atoms with Crippen molar-refractivity contribution in [3.05, 3.63) is 78.4 Å². The van der Waals surface area contributed by atoms with Crippen LogP contribution in [0.3, 0.4) is 0 Å². The Morgan fingerprint density at radius 1 is 1.04 bits per heavy atom. The summed E-state index contributed by atoms with van der Waals surface area (Å²) < 4.78 is 2.23. The lowest BCUT2D eigenvalue weighted by molar-refractivity contribution is 0.0703. The maximum Gasteiger partial charge on any atom is 0.253 e. The van der Waals surface area contributed by atoms with Gasteiger partial charge < -0.3 is 9.47 Å². The monoisotopic (exact) mass is 373 g/mol. The third-order valence-electron chi connectivity index (χ3n) is 5.57. The number of imidazole rings is 1. The molecule has 4 nitrogen and oxygen atoms in total. The van der Waals surface area contributed by atoms with Gasteiger partial charge in [0.05, 0.1) is 0 Å². The third kappa shape index (κ3) is 3.72. The molecule has 0 N–H and O–H groups in total. The van der Waals surface area contributed by atoms with Crippen LogP contribution in [0.25, 0.3) is 11.1 Å². The van der Waals surface area contributed by atoms with Crippen molar-refractivity contribution >= 4 is 5.91 Å². The SMILES string of the molecule is CC(C)n1ccnc1C1CCCN(C(=O)c2ccc(-c3ccccc3)cc2)C1. The van der Waals surface area contributed by atoms with E-state index in [1.165, 1.54) is 5.56 Å². The summed E-state index contributed by atoms with van der Waals surface area (Å²) in [5.74, 6) is 1.53.